The Kier molecular flexibility index (Phi) is 12.0. The van der Waals surface area contributed by atoms with Gasteiger partial charge in [-0.3, -0.25) is 0 Å². The fourth-order valence-electron chi connectivity index (χ4n) is 6.47. The summed E-state index contributed by atoms with van der Waals surface area (Å²) < 4.78 is 92.6. The van der Waals surface area contributed by atoms with Crippen LogP contribution in [0.4, 0.5) is 32.3 Å². The summed E-state index contributed by atoms with van der Waals surface area (Å²) in [6, 6.07) is 9.84. The molecular formula is C37H37F6N7O2. The number of hydrogen-bond acceptors (Lipinski definition) is 9. The molecule has 2 aromatic carbocycles. The Bertz CT molecular complexity index is 1860. The zero-order chi connectivity index (χ0) is 37.5. The minimum absolute atomic E-state index is 0.000365. The van der Waals surface area contributed by atoms with Crippen LogP contribution in [0.3, 0.4) is 0 Å². The van der Waals surface area contributed by atoms with Gasteiger partial charge in [0.1, 0.15) is 12.8 Å². The van der Waals surface area contributed by atoms with E-state index in [1.165, 1.54) is 31.6 Å². The van der Waals surface area contributed by atoms with E-state index in [0.717, 1.165) is 62.2 Å². The number of benzene rings is 2. The zero-order valence-corrected chi connectivity index (χ0v) is 28.6. The number of alkyl halides is 6. The maximum absolute atomic E-state index is 13.8. The van der Waals surface area contributed by atoms with Crippen LogP contribution in [0.5, 0.6) is 5.75 Å². The van der Waals surface area contributed by atoms with Crippen molar-refractivity contribution in [1.29, 1.82) is 10.5 Å². The minimum atomic E-state index is -4.64. The number of methoxy groups -OCH3 is 1. The molecule has 1 fully saturated rings. The third-order valence-corrected chi connectivity index (χ3v) is 8.98. The maximum Gasteiger partial charge on any atom is 0.416 e. The molecule has 2 heterocycles. The lowest BCUT2D eigenvalue weighted by Gasteiger charge is -2.40. The Labute approximate surface area is 297 Å². The first-order valence-electron chi connectivity index (χ1n) is 16.7. The molecule has 1 N–H and O–H groups in total. The van der Waals surface area contributed by atoms with Crippen molar-refractivity contribution in [3.63, 3.8) is 0 Å². The molecule has 1 aliphatic heterocycles. The molecule has 1 atom stereocenters. The summed E-state index contributed by atoms with van der Waals surface area (Å²) in [4.78, 5) is 12.7. The number of nitriles is 2. The van der Waals surface area contributed by atoms with Gasteiger partial charge in [-0.15, -0.1) is 0 Å². The highest BCUT2D eigenvalue weighted by Crippen LogP contribution is 2.34. The van der Waals surface area contributed by atoms with Crippen LogP contribution in [0, 0.1) is 28.6 Å². The second-order valence-corrected chi connectivity index (χ2v) is 12.6. The lowest BCUT2D eigenvalue weighted by Crippen LogP contribution is -2.42. The summed E-state index contributed by atoms with van der Waals surface area (Å²) in [5.41, 5.74) is -0.137. The van der Waals surface area contributed by atoms with Crippen LogP contribution in [-0.2, 0) is 30.2 Å². The number of hydrogen-bond donors (Lipinski definition) is 1. The summed E-state index contributed by atoms with van der Waals surface area (Å²) in [5.74, 6) is 0.872. The van der Waals surface area contributed by atoms with Gasteiger partial charge in [0.25, 0.3) is 0 Å². The highest BCUT2D eigenvalue weighted by Gasteiger charge is 2.34. The van der Waals surface area contributed by atoms with Crippen molar-refractivity contribution in [2.75, 3.05) is 32.1 Å². The number of aromatic nitrogens is 2. The molecule has 5 rings (SSSR count). The van der Waals surface area contributed by atoms with E-state index in [-0.39, 0.29) is 53.6 Å². The van der Waals surface area contributed by atoms with Crippen LogP contribution in [0.15, 0.2) is 72.3 Å². The second kappa shape index (κ2) is 16.4. The van der Waals surface area contributed by atoms with E-state index in [1.807, 2.05) is 30.0 Å². The normalized spacial score (nSPS) is 16.5. The van der Waals surface area contributed by atoms with Crippen LogP contribution in [0.1, 0.15) is 66.0 Å². The molecule has 52 heavy (non-hydrogen) atoms. The largest absolute Gasteiger partial charge is 0.486 e. The monoisotopic (exact) mass is 725 g/mol. The first-order valence-corrected chi connectivity index (χ1v) is 16.7. The Morgan fingerprint density at radius 3 is 2.06 bits per heavy atom. The Balaban J connectivity index is 1.40. The van der Waals surface area contributed by atoms with E-state index < -0.39 is 29.7 Å². The van der Waals surface area contributed by atoms with Crippen molar-refractivity contribution in [2.45, 2.75) is 64.3 Å². The maximum atomic E-state index is 13.8. The Morgan fingerprint density at radius 1 is 0.904 bits per heavy atom. The number of nitrogens with one attached hydrogen (secondary N) is 1. The van der Waals surface area contributed by atoms with E-state index in [1.54, 1.807) is 6.07 Å². The highest BCUT2D eigenvalue weighted by atomic mass is 19.4. The van der Waals surface area contributed by atoms with Gasteiger partial charge in [0.05, 0.1) is 64.7 Å². The number of nitrogens with zero attached hydrogens (tertiary/aromatic N) is 6. The molecule has 1 aliphatic carbocycles. The van der Waals surface area contributed by atoms with E-state index in [0.29, 0.717) is 18.2 Å². The minimum Gasteiger partial charge on any atom is -0.486 e. The summed E-state index contributed by atoms with van der Waals surface area (Å²) in [6.45, 7) is 3.41. The molecule has 3 aromatic rings. The van der Waals surface area contributed by atoms with Gasteiger partial charge in [-0.05, 0) is 85.4 Å². The number of allylic oxidation sites excluding steroid dienone is 1. The van der Waals surface area contributed by atoms with Crippen LogP contribution in [0.2, 0.25) is 0 Å². The number of likely N-dealkylation sites (N-methyl/N-ethyl adjacent to an activating group) is 1. The predicted octanol–water partition coefficient (Wildman–Crippen LogP) is 8.02. The van der Waals surface area contributed by atoms with E-state index >= 15 is 0 Å². The second-order valence-electron chi connectivity index (χ2n) is 12.6. The van der Waals surface area contributed by atoms with E-state index in [2.05, 4.69) is 20.2 Å². The molecule has 1 aromatic heterocycles. The average molecular weight is 726 g/mol. The third-order valence-electron chi connectivity index (χ3n) is 8.98. The Hall–Kier alpha value is -5.28. The summed E-state index contributed by atoms with van der Waals surface area (Å²) in [7, 11) is 1.50. The standard InChI is InChI=1S/C37H37F6N7O2/c1-3-49(21-24-6-4-5-7-24)32-8-9-34(51-2)50(22-27-10-25(16-44)12-29(14-27)36(38,39)40)33(32)20-48-35-46-18-31(19-47-35)52-23-28-11-26(17-45)13-30(15-28)37(41,42)43/h8-15,18-19,24,34H,3-7,20-23H2,1-2H3,(H,46,47,48). The molecule has 274 valence electrons. The van der Waals surface area contributed by atoms with Crippen molar-refractivity contribution in [3.05, 3.63) is 106 Å². The first kappa shape index (κ1) is 38.0. The summed E-state index contributed by atoms with van der Waals surface area (Å²) >= 11 is 0. The van der Waals surface area contributed by atoms with Crippen LogP contribution in [-0.4, -0.2) is 52.7 Å². The molecule has 15 heteroatoms. The SMILES string of the molecule is CCN(CC1CCCC1)C1=C(CNc2ncc(OCc3cc(C#N)cc(C(F)(F)F)c3)cn2)N(Cc2cc(C#N)cc(C(F)(F)F)c2)C(OC)C=C1. The van der Waals surface area contributed by atoms with Crippen molar-refractivity contribution >= 4 is 5.95 Å². The van der Waals surface area contributed by atoms with Crippen molar-refractivity contribution in [3.8, 4) is 17.9 Å². The first-order chi connectivity index (χ1) is 24.8. The zero-order valence-electron chi connectivity index (χ0n) is 28.6. The van der Waals surface area contributed by atoms with Gasteiger partial charge in [0.2, 0.25) is 5.95 Å². The summed E-state index contributed by atoms with van der Waals surface area (Å²) in [5, 5.41) is 21.9. The average Bonchev–Trinajstić information content (AvgIpc) is 3.65. The Morgan fingerprint density at radius 2 is 1.50 bits per heavy atom. The third kappa shape index (κ3) is 9.53. The lowest BCUT2D eigenvalue weighted by atomic mass is 10.0. The van der Waals surface area contributed by atoms with Crippen LogP contribution < -0.4 is 10.1 Å². The molecule has 2 aliphatic rings. The van der Waals surface area contributed by atoms with Gasteiger partial charge < -0.3 is 24.6 Å². The number of rotatable bonds is 13. The van der Waals surface area contributed by atoms with Gasteiger partial charge in [0.15, 0.2) is 5.75 Å². The fourth-order valence-corrected chi connectivity index (χ4v) is 6.47. The quantitative estimate of drug-likeness (QED) is 0.175. The molecule has 0 radical (unpaired) electrons. The highest BCUT2D eigenvalue weighted by molar-refractivity contribution is 5.41. The van der Waals surface area contributed by atoms with Crippen LogP contribution in [0.25, 0.3) is 0 Å². The van der Waals surface area contributed by atoms with Gasteiger partial charge in [0, 0.05) is 26.7 Å². The van der Waals surface area contributed by atoms with E-state index in [4.69, 9.17) is 14.7 Å². The molecular weight excluding hydrogens is 688 g/mol. The fraction of sp³-hybridized carbons (Fsp3) is 0.405. The number of anilines is 1. The van der Waals surface area contributed by atoms with Crippen molar-refractivity contribution in [2.24, 2.45) is 5.92 Å². The van der Waals surface area contributed by atoms with Crippen LogP contribution >= 0.6 is 0 Å². The molecule has 0 saturated heterocycles. The van der Waals surface area contributed by atoms with E-state index in [9.17, 15) is 31.6 Å². The van der Waals surface area contributed by atoms with Gasteiger partial charge in [-0.2, -0.15) is 36.9 Å². The molecule has 0 spiro atoms. The molecule has 0 amide bonds. The smallest absolute Gasteiger partial charge is 0.416 e. The summed E-state index contributed by atoms with van der Waals surface area (Å²) in [6.07, 6.45) is 1.15. The van der Waals surface area contributed by atoms with Gasteiger partial charge >= 0.3 is 12.4 Å². The molecule has 1 saturated carbocycles. The molecule has 9 nitrogen and oxygen atoms in total. The number of ether oxygens (including phenoxy) is 2. The molecule has 1 unspecified atom stereocenters. The number of halogens is 6. The predicted molar refractivity (Wildman–Crippen MR) is 179 cm³/mol. The van der Waals surface area contributed by atoms with Gasteiger partial charge in [-0.1, -0.05) is 12.8 Å². The topological polar surface area (TPSA) is 110 Å². The lowest BCUT2D eigenvalue weighted by molar-refractivity contribution is -0.138. The van der Waals surface area contributed by atoms with Crippen molar-refractivity contribution in [1.82, 2.24) is 19.8 Å². The molecule has 0 bridgehead atoms. The van der Waals surface area contributed by atoms with Gasteiger partial charge in [-0.25, -0.2) is 9.97 Å². The van der Waals surface area contributed by atoms with Crippen molar-refractivity contribution < 1.29 is 35.8 Å².